The summed E-state index contributed by atoms with van der Waals surface area (Å²) in [4.78, 5) is 0. The Morgan fingerprint density at radius 1 is 1.40 bits per heavy atom. The van der Waals surface area contributed by atoms with Gasteiger partial charge in [-0.1, -0.05) is 12.1 Å². The van der Waals surface area contributed by atoms with Crippen LogP contribution in [0, 0.1) is 0 Å². The molecular weight excluding hydrogens is 186 g/mol. The first-order chi connectivity index (χ1) is 7.21. The van der Waals surface area contributed by atoms with Gasteiger partial charge < -0.3 is 10.1 Å². The van der Waals surface area contributed by atoms with Crippen molar-refractivity contribution in [1.82, 2.24) is 5.32 Å². The molecule has 15 heavy (non-hydrogen) atoms. The lowest BCUT2D eigenvalue weighted by atomic mass is 9.77. The summed E-state index contributed by atoms with van der Waals surface area (Å²) >= 11 is 0. The van der Waals surface area contributed by atoms with Crippen molar-refractivity contribution in [3.8, 4) is 5.75 Å². The van der Waals surface area contributed by atoms with Gasteiger partial charge in [-0.25, -0.2) is 0 Å². The highest BCUT2D eigenvalue weighted by Gasteiger charge is 2.31. The second-order valence-electron chi connectivity index (χ2n) is 4.42. The maximum Gasteiger partial charge on any atom is 0.122 e. The first kappa shape index (κ1) is 10.5. The number of fused-ring (bicyclic) bond motifs is 1. The third-order valence-electron chi connectivity index (χ3n) is 3.60. The van der Waals surface area contributed by atoms with Crippen LogP contribution < -0.4 is 10.1 Å². The Labute approximate surface area is 91.6 Å². The minimum absolute atomic E-state index is 0.113. The van der Waals surface area contributed by atoms with E-state index in [0.29, 0.717) is 0 Å². The van der Waals surface area contributed by atoms with Crippen LogP contribution in [-0.4, -0.2) is 14.2 Å². The van der Waals surface area contributed by atoms with Crippen LogP contribution in [0.15, 0.2) is 18.2 Å². The molecule has 1 aliphatic rings. The molecule has 0 aliphatic heterocycles. The second kappa shape index (κ2) is 3.86. The molecule has 1 unspecified atom stereocenters. The van der Waals surface area contributed by atoms with Crippen molar-refractivity contribution in [3.63, 3.8) is 0 Å². The van der Waals surface area contributed by atoms with Crippen molar-refractivity contribution < 1.29 is 4.74 Å². The molecule has 1 aromatic rings. The zero-order valence-corrected chi connectivity index (χ0v) is 9.76. The number of rotatable bonds is 2. The van der Waals surface area contributed by atoms with E-state index < -0.39 is 0 Å². The molecule has 1 N–H and O–H groups in total. The summed E-state index contributed by atoms with van der Waals surface area (Å²) in [7, 11) is 3.79. The standard InChI is InChI=1S/C13H19NO/c1-13(14-2)9-5-6-10-11(13)7-4-8-12(10)15-3/h4,7-8,14H,5-6,9H2,1-3H3. The third kappa shape index (κ3) is 1.63. The van der Waals surface area contributed by atoms with Crippen LogP contribution in [0.25, 0.3) is 0 Å². The molecular formula is C13H19NO. The fourth-order valence-electron chi connectivity index (χ4n) is 2.54. The van der Waals surface area contributed by atoms with Gasteiger partial charge in [0.05, 0.1) is 7.11 Å². The SMILES string of the molecule is CNC1(C)CCCc2c(OC)cccc21. The summed E-state index contributed by atoms with van der Waals surface area (Å²) in [6.45, 7) is 2.27. The Bertz CT molecular complexity index is 362. The highest BCUT2D eigenvalue weighted by molar-refractivity contribution is 5.45. The van der Waals surface area contributed by atoms with Gasteiger partial charge in [0.2, 0.25) is 0 Å². The van der Waals surface area contributed by atoms with Crippen LogP contribution in [0.4, 0.5) is 0 Å². The summed E-state index contributed by atoms with van der Waals surface area (Å²) in [6, 6.07) is 6.35. The molecule has 0 fully saturated rings. The number of hydrogen-bond acceptors (Lipinski definition) is 2. The Kier molecular flexibility index (Phi) is 2.70. The molecule has 1 aliphatic carbocycles. The average molecular weight is 205 g/mol. The summed E-state index contributed by atoms with van der Waals surface area (Å²) in [5, 5.41) is 3.43. The van der Waals surface area contributed by atoms with Gasteiger partial charge in [0.25, 0.3) is 0 Å². The van der Waals surface area contributed by atoms with Crippen LogP contribution in [0.1, 0.15) is 30.9 Å². The molecule has 1 atom stereocenters. The molecule has 82 valence electrons. The van der Waals surface area contributed by atoms with E-state index in [1.54, 1.807) is 7.11 Å². The highest BCUT2D eigenvalue weighted by atomic mass is 16.5. The molecule has 0 saturated heterocycles. The maximum atomic E-state index is 5.42. The van der Waals surface area contributed by atoms with Gasteiger partial charge in [-0.2, -0.15) is 0 Å². The Balaban J connectivity index is 2.53. The van der Waals surface area contributed by atoms with E-state index >= 15 is 0 Å². The van der Waals surface area contributed by atoms with Gasteiger partial charge >= 0.3 is 0 Å². The number of benzene rings is 1. The Hall–Kier alpha value is -1.02. The van der Waals surface area contributed by atoms with Crippen molar-refractivity contribution in [2.75, 3.05) is 14.2 Å². The Morgan fingerprint density at radius 2 is 2.20 bits per heavy atom. The summed E-state index contributed by atoms with van der Waals surface area (Å²) in [6.07, 6.45) is 3.56. The molecule has 0 bridgehead atoms. The molecule has 0 saturated carbocycles. The minimum Gasteiger partial charge on any atom is -0.496 e. The fourth-order valence-corrected chi connectivity index (χ4v) is 2.54. The van der Waals surface area contributed by atoms with Gasteiger partial charge in [-0.05, 0) is 50.4 Å². The lowest BCUT2D eigenvalue weighted by molar-refractivity contribution is 0.329. The van der Waals surface area contributed by atoms with E-state index in [2.05, 4.69) is 30.4 Å². The second-order valence-corrected chi connectivity index (χ2v) is 4.42. The monoisotopic (exact) mass is 205 g/mol. The molecule has 0 radical (unpaired) electrons. The highest BCUT2D eigenvalue weighted by Crippen LogP contribution is 2.38. The molecule has 2 rings (SSSR count). The summed E-state index contributed by atoms with van der Waals surface area (Å²) in [5.41, 5.74) is 2.89. The normalized spacial score (nSPS) is 24.7. The topological polar surface area (TPSA) is 21.3 Å². The first-order valence-corrected chi connectivity index (χ1v) is 5.56. The molecule has 0 spiro atoms. The van der Waals surface area contributed by atoms with Crippen molar-refractivity contribution in [1.29, 1.82) is 0 Å². The first-order valence-electron chi connectivity index (χ1n) is 5.56. The van der Waals surface area contributed by atoms with Crippen molar-refractivity contribution in [2.45, 2.75) is 31.7 Å². The fraction of sp³-hybridized carbons (Fsp3) is 0.538. The van der Waals surface area contributed by atoms with E-state index in [1.807, 2.05) is 7.05 Å². The van der Waals surface area contributed by atoms with E-state index in [-0.39, 0.29) is 5.54 Å². The number of hydrogen-bond donors (Lipinski definition) is 1. The van der Waals surface area contributed by atoms with Crippen LogP contribution >= 0.6 is 0 Å². The minimum atomic E-state index is 0.113. The van der Waals surface area contributed by atoms with E-state index in [1.165, 1.54) is 24.0 Å². The zero-order chi connectivity index (χ0) is 10.9. The number of ether oxygens (including phenoxy) is 1. The van der Waals surface area contributed by atoms with Crippen LogP contribution in [0.3, 0.4) is 0 Å². The molecule has 0 aromatic heterocycles. The van der Waals surface area contributed by atoms with Crippen molar-refractivity contribution in [3.05, 3.63) is 29.3 Å². The molecule has 2 nitrogen and oxygen atoms in total. The van der Waals surface area contributed by atoms with E-state index in [9.17, 15) is 0 Å². The van der Waals surface area contributed by atoms with Gasteiger partial charge in [-0.3, -0.25) is 0 Å². The lowest BCUT2D eigenvalue weighted by Gasteiger charge is -2.36. The van der Waals surface area contributed by atoms with Gasteiger partial charge in [0, 0.05) is 5.54 Å². The molecule has 1 aromatic carbocycles. The van der Waals surface area contributed by atoms with E-state index in [0.717, 1.165) is 12.2 Å². The van der Waals surface area contributed by atoms with E-state index in [4.69, 9.17) is 4.74 Å². The zero-order valence-electron chi connectivity index (χ0n) is 9.76. The molecule has 0 heterocycles. The Morgan fingerprint density at radius 3 is 2.87 bits per heavy atom. The predicted molar refractivity (Wildman–Crippen MR) is 62.3 cm³/mol. The van der Waals surface area contributed by atoms with Gasteiger partial charge in [0.1, 0.15) is 5.75 Å². The lowest BCUT2D eigenvalue weighted by Crippen LogP contribution is -2.39. The number of methoxy groups -OCH3 is 1. The van der Waals surface area contributed by atoms with Crippen molar-refractivity contribution in [2.24, 2.45) is 0 Å². The largest absolute Gasteiger partial charge is 0.496 e. The molecule has 2 heteroatoms. The van der Waals surface area contributed by atoms with Gasteiger partial charge in [0.15, 0.2) is 0 Å². The average Bonchev–Trinajstić information content (AvgIpc) is 2.29. The third-order valence-corrected chi connectivity index (χ3v) is 3.60. The smallest absolute Gasteiger partial charge is 0.122 e. The quantitative estimate of drug-likeness (QED) is 0.801. The maximum absolute atomic E-state index is 5.42. The van der Waals surface area contributed by atoms with Crippen LogP contribution in [0.5, 0.6) is 5.75 Å². The van der Waals surface area contributed by atoms with Crippen molar-refractivity contribution >= 4 is 0 Å². The number of nitrogens with one attached hydrogen (secondary N) is 1. The van der Waals surface area contributed by atoms with Gasteiger partial charge in [-0.15, -0.1) is 0 Å². The van der Waals surface area contributed by atoms with Crippen LogP contribution in [0.2, 0.25) is 0 Å². The molecule has 0 amide bonds. The van der Waals surface area contributed by atoms with Crippen LogP contribution in [-0.2, 0) is 12.0 Å². The summed E-state index contributed by atoms with van der Waals surface area (Å²) < 4.78 is 5.42. The summed E-state index contributed by atoms with van der Waals surface area (Å²) in [5.74, 6) is 1.04. The predicted octanol–water partition coefficient (Wildman–Crippen LogP) is 2.47.